The van der Waals surface area contributed by atoms with E-state index in [2.05, 4.69) is 10.0 Å². The van der Waals surface area contributed by atoms with Crippen molar-refractivity contribution in [1.29, 1.82) is 0 Å². The zero-order valence-electron chi connectivity index (χ0n) is 7.69. The van der Waals surface area contributed by atoms with E-state index in [1.54, 1.807) is 0 Å². The number of hydrogen-bond acceptors (Lipinski definition) is 4. The Labute approximate surface area is 82.7 Å². The average Bonchev–Trinajstić information content (AvgIpc) is 2.53. The molecule has 0 saturated carbocycles. The van der Waals surface area contributed by atoms with Gasteiger partial charge in [-0.3, -0.25) is 4.79 Å². The van der Waals surface area contributed by atoms with Gasteiger partial charge in [0.25, 0.3) is 0 Å². The van der Waals surface area contributed by atoms with Crippen molar-refractivity contribution in [3.8, 4) is 0 Å². The smallest absolute Gasteiger partial charge is 0.304 e. The molecule has 1 aliphatic heterocycles. The van der Waals surface area contributed by atoms with Crippen LogP contribution in [0.2, 0.25) is 0 Å². The molecule has 1 fully saturated rings. The molecule has 82 valence electrons. The Morgan fingerprint density at radius 1 is 1.57 bits per heavy atom. The molecule has 1 rings (SSSR count). The minimum absolute atomic E-state index is 0.0891. The molecule has 1 saturated heterocycles. The molecule has 0 aliphatic carbocycles. The molecule has 3 N–H and O–H groups in total. The first-order valence-corrected chi connectivity index (χ1v) is 6.07. The Kier molecular flexibility index (Phi) is 3.85. The maximum atomic E-state index is 11.3. The van der Waals surface area contributed by atoms with Gasteiger partial charge in [-0.2, -0.15) is 0 Å². The normalized spacial score (nSPS) is 22.4. The molecule has 0 unspecified atom stereocenters. The molecule has 0 aromatic carbocycles. The second kappa shape index (κ2) is 4.72. The highest BCUT2D eigenvalue weighted by molar-refractivity contribution is 7.89. The van der Waals surface area contributed by atoms with E-state index in [0.717, 1.165) is 13.0 Å². The van der Waals surface area contributed by atoms with Crippen LogP contribution < -0.4 is 10.0 Å². The Morgan fingerprint density at radius 2 is 2.29 bits per heavy atom. The highest BCUT2D eigenvalue weighted by Crippen LogP contribution is 2.00. The fraction of sp³-hybridized carbons (Fsp3) is 0.857. The molecular formula is C7H14N2O4S. The van der Waals surface area contributed by atoms with Gasteiger partial charge in [0.15, 0.2) is 0 Å². The third-order valence-corrected chi connectivity index (χ3v) is 3.43. The molecule has 6 nitrogen and oxygen atoms in total. The SMILES string of the molecule is O=C(O)CCS(=O)(=O)N[C@H]1CCNC1. The molecule has 1 aliphatic rings. The molecule has 0 spiro atoms. The number of aliphatic carboxylic acids is 1. The Bertz CT molecular complexity index is 295. The van der Waals surface area contributed by atoms with E-state index in [-0.39, 0.29) is 18.2 Å². The van der Waals surface area contributed by atoms with Gasteiger partial charge in [-0.1, -0.05) is 0 Å². The van der Waals surface area contributed by atoms with Gasteiger partial charge >= 0.3 is 5.97 Å². The zero-order chi connectivity index (χ0) is 10.6. The maximum absolute atomic E-state index is 11.3. The lowest BCUT2D eigenvalue weighted by Crippen LogP contribution is -2.38. The molecule has 0 bridgehead atoms. The monoisotopic (exact) mass is 222 g/mol. The van der Waals surface area contributed by atoms with Crippen LogP contribution in [0.25, 0.3) is 0 Å². The first-order chi connectivity index (χ1) is 6.49. The number of carbonyl (C=O) groups is 1. The lowest BCUT2D eigenvalue weighted by Gasteiger charge is -2.10. The van der Waals surface area contributed by atoms with Crippen LogP contribution >= 0.6 is 0 Å². The van der Waals surface area contributed by atoms with Gasteiger partial charge in [-0.15, -0.1) is 0 Å². The summed E-state index contributed by atoms with van der Waals surface area (Å²) in [5.41, 5.74) is 0. The van der Waals surface area contributed by atoms with Crippen LogP contribution in [0, 0.1) is 0 Å². The predicted octanol–water partition coefficient (Wildman–Crippen LogP) is -1.26. The lowest BCUT2D eigenvalue weighted by molar-refractivity contribution is -0.136. The van der Waals surface area contributed by atoms with E-state index in [0.29, 0.717) is 6.54 Å². The van der Waals surface area contributed by atoms with Crippen molar-refractivity contribution in [2.75, 3.05) is 18.8 Å². The Balaban J connectivity index is 2.36. The molecule has 1 atom stereocenters. The fourth-order valence-electron chi connectivity index (χ4n) is 1.29. The van der Waals surface area contributed by atoms with Crippen LogP contribution in [0.3, 0.4) is 0 Å². The minimum Gasteiger partial charge on any atom is -0.481 e. The number of nitrogens with one attached hydrogen (secondary N) is 2. The van der Waals surface area contributed by atoms with Gasteiger partial charge < -0.3 is 10.4 Å². The molecule has 1 heterocycles. The van der Waals surface area contributed by atoms with Gasteiger partial charge in [-0.05, 0) is 13.0 Å². The number of hydrogen-bond donors (Lipinski definition) is 3. The molecule has 0 amide bonds. The third-order valence-electron chi connectivity index (χ3n) is 1.99. The summed E-state index contributed by atoms with van der Waals surface area (Å²) in [6.45, 7) is 1.42. The second-order valence-electron chi connectivity index (χ2n) is 3.27. The summed E-state index contributed by atoms with van der Waals surface area (Å²) >= 11 is 0. The van der Waals surface area contributed by atoms with Gasteiger partial charge in [0.05, 0.1) is 12.2 Å². The van der Waals surface area contributed by atoms with E-state index in [1.807, 2.05) is 0 Å². The summed E-state index contributed by atoms with van der Waals surface area (Å²) in [4.78, 5) is 10.2. The van der Waals surface area contributed by atoms with Gasteiger partial charge in [0.1, 0.15) is 0 Å². The van der Waals surface area contributed by atoms with Gasteiger partial charge in [0.2, 0.25) is 10.0 Å². The molecule has 0 radical (unpaired) electrons. The molecule has 0 aromatic heterocycles. The number of carboxylic acids is 1. The maximum Gasteiger partial charge on any atom is 0.304 e. The Morgan fingerprint density at radius 3 is 2.79 bits per heavy atom. The van der Waals surface area contributed by atoms with E-state index in [9.17, 15) is 13.2 Å². The topological polar surface area (TPSA) is 95.5 Å². The Hall–Kier alpha value is -0.660. The zero-order valence-corrected chi connectivity index (χ0v) is 8.51. The highest BCUT2D eigenvalue weighted by atomic mass is 32.2. The first-order valence-electron chi connectivity index (χ1n) is 4.42. The van der Waals surface area contributed by atoms with Crippen LogP contribution in [0.4, 0.5) is 0 Å². The average molecular weight is 222 g/mol. The summed E-state index contributed by atoms with van der Waals surface area (Å²) in [5, 5.41) is 11.3. The van der Waals surface area contributed by atoms with Crippen molar-refractivity contribution in [1.82, 2.24) is 10.0 Å². The van der Waals surface area contributed by atoms with E-state index in [1.165, 1.54) is 0 Å². The minimum atomic E-state index is -3.43. The van der Waals surface area contributed by atoms with Crippen molar-refractivity contribution >= 4 is 16.0 Å². The van der Waals surface area contributed by atoms with Crippen LogP contribution in [0.5, 0.6) is 0 Å². The van der Waals surface area contributed by atoms with Crippen molar-refractivity contribution in [3.05, 3.63) is 0 Å². The molecule has 7 heteroatoms. The largest absolute Gasteiger partial charge is 0.481 e. The first kappa shape index (κ1) is 11.4. The van der Waals surface area contributed by atoms with Crippen molar-refractivity contribution in [3.63, 3.8) is 0 Å². The molecular weight excluding hydrogens is 208 g/mol. The van der Waals surface area contributed by atoms with E-state index in [4.69, 9.17) is 5.11 Å². The quantitative estimate of drug-likeness (QED) is 0.540. The van der Waals surface area contributed by atoms with Gasteiger partial charge in [-0.25, -0.2) is 13.1 Å². The number of carboxylic acid groups (broad SMARTS) is 1. The summed E-state index contributed by atoms with van der Waals surface area (Å²) < 4.78 is 25.0. The summed E-state index contributed by atoms with van der Waals surface area (Å²) in [6, 6.07) is -0.0891. The second-order valence-corrected chi connectivity index (χ2v) is 5.14. The van der Waals surface area contributed by atoms with Crippen molar-refractivity contribution in [2.24, 2.45) is 0 Å². The number of sulfonamides is 1. The van der Waals surface area contributed by atoms with Gasteiger partial charge in [0, 0.05) is 12.6 Å². The fourth-order valence-corrected chi connectivity index (χ4v) is 2.56. The predicted molar refractivity (Wildman–Crippen MR) is 50.5 cm³/mol. The van der Waals surface area contributed by atoms with Crippen LogP contribution in [-0.4, -0.2) is 44.4 Å². The summed E-state index contributed by atoms with van der Waals surface area (Å²) in [6.07, 6.45) is 0.405. The lowest BCUT2D eigenvalue weighted by atomic mass is 10.3. The van der Waals surface area contributed by atoms with Crippen LogP contribution in [0.1, 0.15) is 12.8 Å². The number of rotatable bonds is 5. The van der Waals surface area contributed by atoms with Crippen LogP contribution in [-0.2, 0) is 14.8 Å². The van der Waals surface area contributed by atoms with E-state index >= 15 is 0 Å². The van der Waals surface area contributed by atoms with Crippen LogP contribution in [0.15, 0.2) is 0 Å². The standard InChI is InChI=1S/C7H14N2O4S/c10-7(11)2-4-14(12,13)9-6-1-3-8-5-6/h6,8-9H,1-5H2,(H,10,11)/t6-/m0/s1. The third kappa shape index (κ3) is 4.03. The molecule has 14 heavy (non-hydrogen) atoms. The van der Waals surface area contributed by atoms with E-state index < -0.39 is 16.0 Å². The van der Waals surface area contributed by atoms with Crippen molar-refractivity contribution < 1.29 is 18.3 Å². The summed E-state index contributed by atoms with van der Waals surface area (Å²) in [7, 11) is -3.43. The highest BCUT2D eigenvalue weighted by Gasteiger charge is 2.21. The summed E-state index contributed by atoms with van der Waals surface area (Å²) in [5.74, 6) is -1.45. The van der Waals surface area contributed by atoms with Crippen molar-refractivity contribution in [2.45, 2.75) is 18.9 Å². The molecule has 0 aromatic rings.